The minimum atomic E-state index is 0.246. The molecule has 2 heterocycles. The highest BCUT2D eigenvalue weighted by molar-refractivity contribution is 5.80. The number of nitrogens with zero attached hydrogens (tertiary/aromatic N) is 5. The Hall–Kier alpha value is -3.03. The van der Waals surface area contributed by atoms with Gasteiger partial charge < -0.3 is 25.0 Å². The summed E-state index contributed by atoms with van der Waals surface area (Å²) >= 11 is 0. The number of rotatable bonds is 6. The number of benzene rings is 1. The van der Waals surface area contributed by atoms with Crippen LogP contribution in [0.1, 0.15) is 12.5 Å². The topological polar surface area (TPSA) is 86.1 Å². The molecular formula is C20H28N6O2. The van der Waals surface area contributed by atoms with Gasteiger partial charge in [0.25, 0.3) is 0 Å². The zero-order chi connectivity index (χ0) is 19.8. The Morgan fingerprint density at radius 3 is 2.61 bits per heavy atom. The lowest BCUT2D eigenvalue weighted by Gasteiger charge is -2.36. The smallest absolute Gasteiger partial charge is 0.225 e. The van der Waals surface area contributed by atoms with Crippen LogP contribution in [0.4, 0.5) is 5.95 Å². The van der Waals surface area contributed by atoms with Crippen molar-refractivity contribution in [2.24, 2.45) is 4.99 Å². The monoisotopic (exact) mass is 384 g/mol. The van der Waals surface area contributed by atoms with Crippen LogP contribution in [0.15, 0.2) is 41.7 Å². The van der Waals surface area contributed by atoms with Gasteiger partial charge in [0, 0.05) is 57.7 Å². The van der Waals surface area contributed by atoms with E-state index in [2.05, 4.69) is 32.0 Å². The van der Waals surface area contributed by atoms with Crippen LogP contribution in [0.25, 0.3) is 0 Å². The van der Waals surface area contributed by atoms with E-state index in [1.807, 2.05) is 18.2 Å². The van der Waals surface area contributed by atoms with Crippen molar-refractivity contribution in [2.75, 3.05) is 51.3 Å². The van der Waals surface area contributed by atoms with Gasteiger partial charge in [0.1, 0.15) is 11.5 Å². The van der Waals surface area contributed by atoms with Crippen LogP contribution in [-0.2, 0) is 6.42 Å². The number of phenolic OH excluding ortho intramolecular Hbond substituents is 1. The predicted octanol–water partition coefficient (Wildman–Crippen LogP) is 1.52. The van der Waals surface area contributed by atoms with Gasteiger partial charge in [-0.2, -0.15) is 0 Å². The third-order valence-electron chi connectivity index (χ3n) is 4.68. The quantitative estimate of drug-likeness (QED) is 0.577. The Bertz CT molecular complexity index is 776. The number of nitrogens with one attached hydrogen (secondary N) is 1. The first kappa shape index (κ1) is 19.7. The fraction of sp³-hybridized carbons (Fsp3) is 0.450. The van der Waals surface area contributed by atoms with Crippen LogP contribution >= 0.6 is 0 Å². The van der Waals surface area contributed by atoms with Gasteiger partial charge in [-0.3, -0.25) is 4.99 Å². The largest absolute Gasteiger partial charge is 0.508 e. The number of aromatic hydroxyl groups is 1. The third-order valence-corrected chi connectivity index (χ3v) is 4.68. The second kappa shape index (κ2) is 9.77. The lowest BCUT2D eigenvalue weighted by Crippen LogP contribution is -2.53. The molecule has 0 radical (unpaired) electrons. The highest BCUT2D eigenvalue weighted by atomic mass is 16.5. The lowest BCUT2D eigenvalue weighted by atomic mass is 10.1. The molecule has 2 N–H and O–H groups in total. The molecule has 150 valence electrons. The maximum atomic E-state index is 10.1. The summed E-state index contributed by atoms with van der Waals surface area (Å²) in [7, 11) is 1.59. The van der Waals surface area contributed by atoms with Crippen molar-refractivity contribution in [3.8, 4) is 11.5 Å². The molecule has 1 aliphatic rings. The summed E-state index contributed by atoms with van der Waals surface area (Å²) in [6.45, 7) is 6.91. The molecule has 3 rings (SSSR count). The predicted molar refractivity (Wildman–Crippen MR) is 110 cm³/mol. The summed E-state index contributed by atoms with van der Waals surface area (Å²) in [5.41, 5.74) is 0.867. The second-order valence-corrected chi connectivity index (χ2v) is 6.50. The molecule has 0 atom stereocenters. The molecule has 0 spiro atoms. The summed E-state index contributed by atoms with van der Waals surface area (Å²) in [6, 6.07) is 7.20. The zero-order valence-corrected chi connectivity index (χ0v) is 16.5. The van der Waals surface area contributed by atoms with E-state index in [9.17, 15) is 5.11 Å². The molecule has 2 aromatic rings. The van der Waals surface area contributed by atoms with Crippen LogP contribution in [0, 0.1) is 0 Å². The van der Waals surface area contributed by atoms with Crippen LogP contribution in [-0.4, -0.2) is 72.3 Å². The highest BCUT2D eigenvalue weighted by Gasteiger charge is 2.21. The minimum absolute atomic E-state index is 0.246. The van der Waals surface area contributed by atoms with Gasteiger partial charge in [-0.15, -0.1) is 0 Å². The van der Waals surface area contributed by atoms with E-state index in [4.69, 9.17) is 9.73 Å². The Morgan fingerprint density at radius 2 is 1.96 bits per heavy atom. The fourth-order valence-corrected chi connectivity index (χ4v) is 3.16. The summed E-state index contributed by atoms with van der Waals surface area (Å²) in [5.74, 6) is 2.58. The van der Waals surface area contributed by atoms with Gasteiger partial charge in [-0.1, -0.05) is 6.07 Å². The summed E-state index contributed by atoms with van der Waals surface area (Å²) in [6.07, 6.45) is 4.21. The van der Waals surface area contributed by atoms with Crippen molar-refractivity contribution >= 4 is 11.9 Å². The first-order valence-electron chi connectivity index (χ1n) is 9.62. The van der Waals surface area contributed by atoms with E-state index in [1.54, 1.807) is 25.6 Å². The van der Waals surface area contributed by atoms with Crippen molar-refractivity contribution in [3.05, 3.63) is 42.2 Å². The number of piperazine rings is 1. The number of phenols is 1. The van der Waals surface area contributed by atoms with Crippen molar-refractivity contribution in [3.63, 3.8) is 0 Å². The number of guanidine groups is 1. The second-order valence-electron chi connectivity index (χ2n) is 6.50. The molecule has 0 saturated carbocycles. The number of ether oxygens (including phenoxy) is 1. The van der Waals surface area contributed by atoms with Crippen molar-refractivity contribution in [1.82, 2.24) is 20.2 Å². The van der Waals surface area contributed by atoms with Gasteiger partial charge in [0.2, 0.25) is 5.95 Å². The van der Waals surface area contributed by atoms with E-state index in [1.165, 1.54) is 0 Å². The molecule has 1 fully saturated rings. The van der Waals surface area contributed by atoms with E-state index in [0.29, 0.717) is 18.7 Å². The maximum absolute atomic E-state index is 10.1. The Balaban J connectivity index is 1.57. The SMILES string of the molecule is CCNC(=NCCc1ccc(OC)cc1O)N1CCN(c2ncccn2)CC1. The van der Waals surface area contributed by atoms with Crippen LogP contribution in [0.5, 0.6) is 11.5 Å². The summed E-state index contributed by atoms with van der Waals surface area (Å²) in [5, 5.41) is 13.5. The van der Waals surface area contributed by atoms with Crippen molar-refractivity contribution < 1.29 is 9.84 Å². The molecule has 0 aliphatic carbocycles. The Kier molecular flexibility index (Phi) is 6.89. The highest BCUT2D eigenvalue weighted by Crippen LogP contribution is 2.23. The van der Waals surface area contributed by atoms with Crippen LogP contribution in [0.3, 0.4) is 0 Å². The van der Waals surface area contributed by atoms with Crippen molar-refractivity contribution in [1.29, 1.82) is 0 Å². The summed E-state index contributed by atoms with van der Waals surface area (Å²) in [4.78, 5) is 17.9. The molecule has 0 unspecified atom stereocenters. The van der Waals surface area contributed by atoms with Crippen molar-refractivity contribution in [2.45, 2.75) is 13.3 Å². The molecule has 0 amide bonds. The van der Waals surface area contributed by atoms with Crippen LogP contribution in [0.2, 0.25) is 0 Å². The lowest BCUT2D eigenvalue weighted by molar-refractivity contribution is 0.370. The first-order chi connectivity index (χ1) is 13.7. The maximum Gasteiger partial charge on any atom is 0.225 e. The van der Waals surface area contributed by atoms with E-state index in [0.717, 1.165) is 50.2 Å². The van der Waals surface area contributed by atoms with Gasteiger partial charge in [0.05, 0.1) is 7.11 Å². The van der Waals surface area contributed by atoms with Gasteiger partial charge >= 0.3 is 0 Å². The summed E-state index contributed by atoms with van der Waals surface area (Å²) < 4.78 is 5.13. The number of methoxy groups -OCH3 is 1. The van der Waals surface area contributed by atoms with E-state index in [-0.39, 0.29) is 5.75 Å². The number of hydrogen-bond acceptors (Lipinski definition) is 6. The average molecular weight is 384 g/mol. The average Bonchev–Trinajstić information content (AvgIpc) is 2.75. The van der Waals surface area contributed by atoms with Gasteiger partial charge in [0.15, 0.2) is 5.96 Å². The molecule has 1 aromatic heterocycles. The molecule has 1 aliphatic heterocycles. The molecular weight excluding hydrogens is 356 g/mol. The number of hydrogen-bond donors (Lipinski definition) is 2. The van der Waals surface area contributed by atoms with E-state index < -0.39 is 0 Å². The van der Waals surface area contributed by atoms with Crippen LogP contribution < -0.4 is 15.0 Å². The Labute approximate surface area is 165 Å². The molecule has 8 heteroatoms. The number of aromatic nitrogens is 2. The molecule has 8 nitrogen and oxygen atoms in total. The Morgan fingerprint density at radius 1 is 1.21 bits per heavy atom. The zero-order valence-electron chi connectivity index (χ0n) is 16.5. The number of anilines is 1. The molecule has 0 bridgehead atoms. The molecule has 28 heavy (non-hydrogen) atoms. The van der Waals surface area contributed by atoms with E-state index >= 15 is 0 Å². The first-order valence-corrected chi connectivity index (χ1v) is 9.62. The number of aliphatic imine (C=N–C) groups is 1. The van der Waals surface area contributed by atoms with Gasteiger partial charge in [-0.05, 0) is 31.0 Å². The van der Waals surface area contributed by atoms with Gasteiger partial charge in [-0.25, -0.2) is 9.97 Å². The standard InChI is InChI=1S/C20H28N6O2/c1-3-21-19(24-10-7-16-5-6-17(28-2)15-18(16)27)25-11-13-26(14-12-25)20-22-8-4-9-23-20/h4-6,8-9,15,27H,3,7,10-14H2,1-2H3,(H,21,24). The fourth-order valence-electron chi connectivity index (χ4n) is 3.16. The third kappa shape index (κ3) is 5.03. The minimum Gasteiger partial charge on any atom is -0.508 e. The molecule has 1 saturated heterocycles. The molecule has 1 aromatic carbocycles. The normalized spacial score (nSPS) is 14.9.